The monoisotopic (exact) mass is 328 g/mol. The molecular formula is C15H16N6OS. The summed E-state index contributed by atoms with van der Waals surface area (Å²) in [6, 6.07) is 1.77. The summed E-state index contributed by atoms with van der Waals surface area (Å²) in [6.45, 7) is 2.73. The Hall–Kier alpha value is -2.35. The van der Waals surface area contributed by atoms with E-state index >= 15 is 0 Å². The maximum atomic E-state index is 13.1. The van der Waals surface area contributed by atoms with Crippen molar-refractivity contribution in [3.8, 4) is 0 Å². The number of hydrogen-bond donors (Lipinski definition) is 0. The van der Waals surface area contributed by atoms with Crippen LogP contribution in [0.3, 0.4) is 0 Å². The Kier molecular flexibility index (Phi) is 3.33. The van der Waals surface area contributed by atoms with E-state index < -0.39 is 0 Å². The number of likely N-dealkylation sites (tertiary alicyclic amines) is 1. The van der Waals surface area contributed by atoms with Crippen molar-refractivity contribution in [3.05, 3.63) is 33.9 Å². The summed E-state index contributed by atoms with van der Waals surface area (Å²) in [6.07, 6.45) is 3.57. The van der Waals surface area contributed by atoms with Crippen molar-refractivity contribution in [1.82, 2.24) is 29.9 Å². The highest BCUT2D eigenvalue weighted by molar-refractivity contribution is 7.09. The van der Waals surface area contributed by atoms with Gasteiger partial charge in [0.05, 0.1) is 22.3 Å². The van der Waals surface area contributed by atoms with Crippen LogP contribution < -0.4 is 0 Å². The van der Waals surface area contributed by atoms with Crippen LogP contribution in [0.5, 0.6) is 0 Å². The predicted octanol–water partition coefficient (Wildman–Crippen LogP) is 2.11. The van der Waals surface area contributed by atoms with Gasteiger partial charge in [0.25, 0.3) is 5.91 Å². The van der Waals surface area contributed by atoms with Crippen molar-refractivity contribution in [2.45, 2.75) is 25.8 Å². The molecule has 8 heteroatoms. The van der Waals surface area contributed by atoms with E-state index in [1.807, 2.05) is 11.8 Å². The molecule has 1 atom stereocenters. The molecule has 118 valence electrons. The van der Waals surface area contributed by atoms with Gasteiger partial charge >= 0.3 is 0 Å². The topological polar surface area (TPSA) is 76.8 Å². The number of hydrogen-bond acceptors (Lipinski definition) is 6. The molecule has 1 aliphatic rings. The van der Waals surface area contributed by atoms with Gasteiger partial charge in [0.15, 0.2) is 5.65 Å². The van der Waals surface area contributed by atoms with Gasteiger partial charge in [-0.1, -0.05) is 5.21 Å². The van der Waals surface area contributed by atoms with E-state index in [0.717, 1.165) is 30.1 Å². The minimum absolute atomic E-state index is 0.0222. The second-order valence-electron chi connectivity index (χ2n) is 5.69. The van der Waals surface area contributed by atoms with E-state index in [1.54, 1.807) is 35.3 Å². The molecule has 7 nitrogen and oxygen atoms in total. The molecule has 1 fully saturated rings. The predicted molar refractivity (Wildman–Crippen MR) is 86.2 cm³/mol. The maximum Gasteiger partial charge on any atom is 0.256 e. The Bertz CT molecular complexity index is 885. The standard InChI is InChI=1S/C15H16N6OS/c1-9-17-11(8-23-9)12-4-3-7-21(12)15(22)10-5-6-16-14-13(10)18-19-20(14)2/h5-6,8,12H,3-4,7H2,1-2H3. The lowest BCUT2D eigenvalue weighted by atomic mass is 10.1. The summed E-state index contributed by atoms with van der Waals surface area (Å²) >= 11 is 1.62. The van der Waals surface area contributed by atoms with Crippen LogP contribution in [0, 0.1) is 6.92 Å². The van der Waals surface area contributed by atoms with E-state index in [1.165, 1.54) is 0 Å². The first kappa shape index (κ1) is 14.3. The number of fused-ring (bicyclic) bond motifs is 1. The zero-order chi connectivity index (χ0) is 16.0. The number of nitrogens with zero attached hydrogens (tertiary/aromatic N) is 6. The highest BCUT2D eigenvalue weighted by Crippen LogP contribution is 2.34. The number of carbonyl (C=O) groups is 1. The largest absolute Gasteiger partial charge is 0.330 e. The molecule has 0 bridgehead atoms. The molecule has 4 heterocycles. The van der Waals surface area contributed by atoms with Gasteiger partial charge in [-0.2, -0.15) is 0 Å². The number of amides is 1. The van der Waals surface area contributed by atoms with Crippen LogP contribution in [0.15, 0.2) is 17.6 Å². The van der Waals surface area contributed by atoms with Crippen molar-refractivity contribution >= 4 is 28.4 Å². The van der Waals surface area contributed by atoms with Crippen LogP contribution in [0.1, 0.15) is 39.9 Å². The Labute approximate surface area is 137 Å². The van der Waals surface area contributed by atoms with Gasteiger partial charge < -0.3 is 4.90 Å². The zero-order valence-electron chi connectivity index (χ0n) is 12.9. The highest BCUT2D eigenvalue weighted by Gasteiger charge is 2.33. The van der Waals surface area contributed by atoms with Crippen molar-refractivity contribution in [2.24, 2.45) is 7.05 Å². The summed E-state index contributed by atoms with van der Waals surface area (Å²) < 4.78 is 1.58. The van der Waals surface area contributed by atoms with Crippen LogP contribution in [0.4, 0.5) is 0 Å². The number of pyridine rings is 1. The lowest BCUT2D eigenvalue weighted by molar-refractivity contribution is 0.0735. The summed E-state index contributed by atoms with van der Waals surface area (Å²) in [5.41, 5.74) is 2.72. The lowest BCUT2D eigenvalue weighted by Crippen LogP contribution is -2.31. The third kappa shape index (κ3) is 2.29. The molecule has 1 saturated heterocycles. The molecule has 0 spiro atoms. The van der Waals surface area contributed by atoms with Crippen molar-refractivity contribution in [1.29, 1.82) is 0 Å². The fourth-order valence-electron chi connectivity index (χ4n) is 3.11. The molecule has 0 aliphatic carbocycles. The zero-order valence-corrected chi connectivity index (χ0v) is 13.7. The first-order chi connectivity index (χ1) is 11.1. The lowest BCUT2D eigenvalue weighted by Gasteiger charge is -2.23. The van der Waals surface area contributed by atoms with Crippen molar-refractivity contribution in [3.63, 3.8) is 0 Å². The molecule has 23 heavy (non-hydrogen) atoms. The first-order valence-electron chi connectivity index (χ1n) is 7.52. The second-order valence-corrected chi connectivity index (χ2v) is 6.75. The molecule has 0 radical (unpaired) electrons. The van der Waals surface area contributed by atoms with Gasteiger partial charge in [-0.3, -0.25) is 4.79 Å². The quantitative estimate of drug-likeness (QED) is 0.720. The van der Waals surface area contributed by atoms with E-state index in [0.29, 0.717) is 16.7 Å². The molecule has 0 aromatic carbocycles. The van der Waals surface area contributed by atoms with Crippen molar-refractivity contribution < 1.29 is 4.79 Å². The van der Waals surface area contributed by atoms with Gasteiger partial charge in [0.1, 0.15) is 5.52 Å². The van der Waals surface area contributed by atoms with Crippen LogP contribution >= 0.6 is 11.3 Å². The second kappa shape index (κ2) is 5.38. The Morgan fingerprint density at radius 3 is 3.09 bits per heavy atom. The fraction of sp³-hybridized carbons (Fsp3) is 0.400. The van der Waals surface area contributed by atoms with Crippen LogP contribution in [0.2, 0.25) is 0 Å². The molecule has 3 aromatic heterocycles. The third-order valence-corrected chi connectivity index (χ3v) is 5.00. The smallest absolute Gasteiger partial charge is 0.256 e. The Balaban J connectivity index is 1.72. The maximum absolute atomic E-state index is 13.1. The summed E-state index contributed by atoms with van der Waals surface area (Å²) in [4.78, 5) is 23.8. The number of aromatic nitrogens is 5. The van der Waals surface area contributed by atoms with E-state index in [2.05, 4.69) is 25.7 Å². The van der Waals surface area contributed by atoms with Crippen LogP contribution in [-0.2, 0) is 7.05 Å². The van der Waals surface area contributed by atoms with Gasteiger partial charge in [0, 0.05) is 25.2 Å². The molecule has 3 aromatic rings. The summed E-state index contributed by atoms with van der Waals surface area (Å²) in [5.74, 6) is -0.0222. The third-order valence-electron chi connectivity index (χ3n) is 4.21. The minimum Gasteiger partial charge on any atom is -0.330 e. The highest BCUT2D eigenvalue weighted by atomic mass is 32.1. The van der Waals surface area contributed by atoms with E-state index in [-0.39, 0.29) is 11.9 Å². The molecule has 0 saturated carbocycles. The van der Waals surface area contributed by atoms with E-state index in [9.17, 15) is 4.79 Å². The fourth-order valence-corrected chi connectivity index (χ4v) is 3.77. The SMILES string of the molecule is Cc1nc(C2CCCN2C(=O)c2ccnc3c2nnn3C)cs1. The molecule has 1 unspecified atom stereocenters. The molecular weight excluding hydrogens is 312 g/mol. The normalized spacial score (nSPS) is 18.0. The van der Waals surface area contributed by atoms with Gasteiger partial charge in [0.2, 0.25) is 0 Å². The minimum atomic E-state index is -0.0222. The Morgan fingerprint density at radius 1 is 1.43 bits per heavy atom. The van der Waals surface area contributed by atoms with Gasteiger partial charge in [-0.05, 0) is 25.8 Å². The van der Waals surface area contributed by atoms with Crippen LogP contribution in [0.25, 0.3) is 11.2 Å². The number of rotatable bonds is 2. The van der Waals surface area contributed by atoms with Gasteiger partial charge in [-0.15, -0.1) is 16.4 Å². The molecule has 1 aliphatic heterocycles. The molecule has 4 rings (SSSR count). The number of aryl methyl sites for hydroxylation is 2. The summed E-state index contributed by atoms with van der Waals surface area (Å²) in [5, 5.41) is 11.1. The molecule has 1 amide bonds. The average molecular weight is 328 g/mol. The summed E-state index contributed by atoms with van der Waals surface area (Å²) in [7, 11) is 1.77. The average Bonchev–Trinajstić information content (AvgIpc) is 3.26. The van der Waals surface area contributed by atoms with Gasteiger partial charge in [-0.25, -0.2) is 14.6 Å². The molecule has 0 N–H and O–H groups in total. The van der Waals surface area contributed by atoms with E-state index in [4.69, 9.17) is 0 Å². The van der Waals surface area contributed by atoms with Crippen LogP contribution in [-0.4, -0.2) is 42.3 Å². The Morgan fingerprint density at radius 2 is 2.30 bits per heavy atom. The first-order valence-corrected chi connectivity index (χ1v) is 8.40. The number of thiazole rings is 1. The number of carbonyl (C=O) groups excluding carboxylic acids is 1. The van der Waals surface area contributed by atoms with Crippen molar-refractivity contribution in [2.75, 3.05) is 6.54 Å².